The fourth-order valence-electron chi connectivity index (χ4n) is 2.30. The summed E-state index contributed by atoms with van der Waals surface area (Å²) < 4.78 is 5.24. The first kappa shape index (κ1) is 14.5. The standard InChI is InChI=1S/C15H19NO4/c17-14(18)6-5-11-3-1-2-4-13(11)16-15(19)12-7-9-20-10-8-12/h1-4,12H,5-10H2,(H,16,19)(H,17,18). The highest BCUT2D eigenvalue weighted by molar-refractivity contribution is 5.93. The predicted molar refractivity (Wildman–Crippen MR) is 74.6 cm³/mol. The first-order valence-electron chi connectivity index (χ1n) is 6.85. The number of nitrogens with one attached hydrogen (secondary N) is 1. The van der Waals surface area contributed by atoms with E-state index in [1.165, 1.54) is 0 Å². The van der Waals surface area contributed by atoms with Gasteiger partial charge in [-0.2, -0.15) is 0 Å². The number of hydrogen-bond acceptors (Lipinski definition) is 3. The van der Waals surface area contributed by atoms with E-state index in [1.807, 2.05) is 24.3 Å². The molecule has 5 heteroatoms. The number of anilines is 1. The molecule has 108 valence electrons. The Morgan fingerprint density at radius 2 is 1.95 bits per heavy atom. The van der Waals surface area contributed by atoms with Crippen molar-refractivity contribution in [2.75, 3.05) is 18.5 Å². The lowest BCUT2D eigenvalue weighted by molar-refractivity contribution is -0.137. The van der Waals surface area contributed by atoms with Gasteiger partial charge in [-0.3, -0.25) is 9.59 Å². The van der Waals surface area contributed by atoms with Gasteiger partial charge in [-0.05, 0) is 30.9 Å². The van der Waals surface area contributed by atoms with E-state index in [9.17, 15) is 9.59 Å². The number of carboxylic acids is 1. The van der Waals surface area contributed by atoms with Crippen LogP contribution >= 0.6 is 0 Å². The average molecular weight is 277 g/mol. The molecular formula is C15H19NO4. The summed E-state index contributed by atoms with van der Waals surface area (Å²) in [5.74, 6) is -0.858. The second-order valence-electron chi connectivity index (χ2n) is 4.93. The topological polar surface area (TPSA) is 75.6 Å². The maximum Gasteiger partial charge on any atom is 0.303 e. The SMILES string of the molecule is O=C(O)CCc1ccccc1NC(=O)C1CCOCC1. The maximum atomic E-state index is 12.2. The quantitative estimate of drug-likeness (QED) is 0.864. The summed E-state index contributed by atoms with van der Waals surface area (Å²) in [5.41, 5.74) is 1.57. The van der Waals surface area contributed by atoms with Crippen LogP contribution in [0, 0.1) is 5.92 Å². The van der Waals surface area contributed by atoms with Gasteiger partial charge in [-0.1, -0.05) is 18.2 Å². The summed E-state index contributed by atoms with van der Waals surface area (Å²) in [6.45, 7) is 1.25. The van der Waals surface area contributed by atoms with Crippen LogP contribution in [-0.4, -0.2) is 30.2 Å². The van der Waals surface area contributed by atoms with Crippen LogP contribution in [0.2, 0.25) is 0 Å². The number of aliphatic carboxylic acids is 1. The molecule has 1 aromatic rings. The van der Waals surface area contributed by atoms with Gasteiger partial charge in [-0.15, -0.1) is 0 Å². The highest BCUT2D eigenvalue weighted by atomic mass is 16.5. The zero-order chi connectivity index (χ0) is 14.4. The third kappa shape index (κ3) is 4.06. The molecule has 0 aromatic heterocycles. The van der Waals surface area contributed by atoms with Gasteiger partial charge in [0.25, 0.3) is 0 Å². The van der Waals surface area contributed by atoms with Gasteiger partial charge in [0.2, 0.25) is 5.91 Å². The van der Waals surface area contributed by atoms with E-state index in [1.54, 1.807) is 0 Å². The number of aryl methyl sites for hydroxylation is 1. The molecular weight excluding hydrogens is 258 g/mol. The number of benzene rings is 1. The fraction of sp³-hybridized carbons (Fsp3) is 0.467. The van der Waals surface area contributed by atoms with Crippen LogP contribution < -0.4 is 5.32 Å². The van der Waals surface area contributed by atoms with Gasteiger partial charge < -0.3 is 15.2 Å². The van der Waals surface area contributed by atoms with Crippen LogP contribution in [0.5, 0.6) is 0 Å². The summed E-state index contributed by atoms with van der Waals surface area (Å²) in [7, 11) is 0. The Hall–Kier alpha value is -1.88. The lowest BCUT2D eigenvalue weighted by Gasteiger charge is -2.22. The molecule has 20 heavy (non-hydrogen) atoms. The molecule has 2 rings (SSSR count). The van der Waals surface area contributed by atoms with Crippen LogP contribution in [-0.2, 0) is 20.7 Å². The molecule has 2 N–H and O–H groups in total. The van der Waals surface area contributed by atoms with Crippen molar-refractivity contribution in [3.8, 4) is 0 Å². The van der Waals surface area contributed by atoms with Crippen molar-refractivity contribution in [2.24, 2.45) is 5.92 Å². The van der Waals surface area contributed by atoms with Crippen molar-refractivity contribution in [2.45, 2.75) is 25.7 Å². The molecule has 1 aliphatic heterocycles. The minimum atomic E-state index is -0.837. The number of para-hydroxylation sites is 1. The third-order valence-electron chi connectivity index (χ3n) is 3.48. The Bertz CT molecular complexity index is 481. The average Bonchev–Trinajstić information content (AvgIpc) is 2.47. The predicted octanol–water partition coefficient (Wildman–Crippen LogP) is 2.07. The normalized spacial score (nSPS) is 15.8. The third-order valence-corrected chi connectivity index (χ3v) is 3.48. The molecule has 1 aromatic carbocycles. The van der Waals surface area contributed by atoms with Crippen LogP contribution in [0.25, 0.3) is 0 Å². The monoisotopic (exact) mass is 277 g/mol. The first-order valence-corrected chi connectivity index (χ1v) is 6.85. The molecule has 0 spiro atoms. The molecule has 0 bridgehead atoms. The number of hydrogen-bond donors (Lipinski definition) is 2. The van der Waals surface area contributed by atoms with Gasteiger partial charge in [-0.25, -0.2) is 0 Å². The number of ether oxygens (including phenoxy) is 1. The van der Waals surface area contributed by atoms with Crippen molar-refractivity contribution >= 4 is 17.6 Å². The van der Waals surface area contributed by atoms with E-state index in [0.29, 0.717) is 25.3 Å². The van der Waals surface area contributed by atoms with Crippen molar-refractivity contribution < 1.29 is 19.4 Å². The van der Waals surface area contributed by atoms with Gasteiger partial charge in [0.1, 0.15) is 0 Å². The minimum Gasteiger partial charge on any atom is -0.481 e. The fourth-order valence-corrected chi connectivity index (χ4v) is 2.30. The van der Waals surface area contributed by atoms with E-state index in [-0.39, 0.29) is 18.2 Å². The van der Waals surface area contributed by atoms with E-state index in [0.717, 1.165) is 18.4 Å². The summed E-state index contributed by atoms with van der Waals surface area (Å²) in [5, 5.41) is 11.7. The number of amides is 1. The molecule has 1 aliphatic rings. The highest BCUT2D eigenvalue weighted by Crippen LogP contribution is 2.21. The Labute approximate surface area is 117 Å². The summed E-state index contributed by atoms with van der Waals surface area (Å²) >= 11 is 0. The Balaban J connectivity index is 2.00. The lowest BCUT2D eigenvalue weighted by atomic mass is 9.99. The van der Waals surface area contributed by atoms with E-state index in [4.69, 9.17) is 9.84 Å². The van der Waals surface area contributed by atoms with Crippen LogP contribution in [0.3, 0.4) is 0 Å². The largest absolute Gasteiger partial charge is 0.481 e. The number of carbonyl (C=O) groups is 2. The van der Waals surface area contributed by atoms with Crippen LogP contribution in [0.1, 0.15) is 24.8 Å². The minimum absolute atomic E-state index is 0.00363. The van der Waals surface area contributed by atoms with E-state index < -0.39 is 5.97 Å². The molecule has 1 amide bonds. The van der Waals surface area contributed by atoms with Crippen LogP contribution in [0.15, 0.2) is 24.3 Å². The number of carboxylic acid groups (broad SMARTS) is 1. The van der Waals surface area contributed by atoms with Crippen LogP contribution in [0.4, 0.5) is 5.69 Å². The smallest absolute Gasteiger partial charge is 0.303 e. The van der Waals surface area contributed by atoms with Gasteiger partial charge >= 0.3 is 5.97 Å². The van der Waals surface area contributed by atoms with Gasteiger partial charge in [0.05, 0.1) is 0 Å². The van der Waals surface area contributed by atoms with Crippen molar-refractivity contribution in [3.05, 3.63) is 29.8 Å². The molecule has 0 radical (unpaired) electrons. The van der Waals surface area contributed by atoms with E-state index in [2.05, 4.69) is 5.32 Å². The lowest BCUT2D eigenvalue weighted by Crippen LogP contribution is -2.28. The van der Waals surface area contributed by atoms with Crippen molar-refractivity contribution in [1.82, 2.24) is 0 Å². The zero-order valence-corrected chi connectivity index (χ0v) is 11.3. The van der Waals surface area contributed by atoms with Gasteiger partial charge in [0, 0.05) is 31.2 Å². The molecule has 1 fully saturated rings. The summed E-state index contributed by atoms with van der Waals surface area (Å²) in [4.78, 5) is 22.8. The molecule has 0 atom stereocenters. The van der Waals surface area contributed by atoms with Crippen molar-refractivity contribution in [1.29, 1.82) is 0 Å². The molecule has 1 saturated heterocycles. The first-order chi connectivity index (χ1) is 9.66. The number of carbonyl (C=O) groups excluding carboxylic acids is 1. The van der Waals surface area contributed by atoms with Crippen molar-refractivity contribution in [3.63, 3.8) is 0 Å². The summed E-state index contributed by atoms with van der Waals surface area (Å²) in [6.07, 6.45) is 1.95. The molecule has 5 nitrogen and oxygen atoms in total. The molecule has 1 heterocycles. The zero-order valence-electron chi connectivity index (χ0n) is 11.3. The Kier molecular flexibility index (Phi) is 5.12. The molecule has 0 unspecified atom stereocenters. The Morgan fingerprint density at radius 1 is 1.25 bits per heavy atom. The van der Waals surface area contributed by atoms with Gasteiger partial charge in [0.15, 0.2) is 0 Å². The molecule has 0 saturated carbocycles. The van der Waals surface area contributed by atoms with E-state index >= 15 is 0 Å². The maximum absolute atomic E-state index is 12.2. The second kappa shape index (κ2) is 7.05. The highest BCUT2D eigenvalue weighted by Gasteiger charge is 2.22. The molecule has 0 aliphatic carbocycles. The Morgan fingerprint density at radius 3 is 2.65 bits per heavy atom. The number of rotatable bonds is 5. The second-order valence-corrected chi connectivity index (χ2v) is 4.93. The summed E-state index contributed by atoms with van der Waals surface area (Å²) in [6, 6.07) is 7.35.